The summed E-state index contributed by atoms with van der Waals surface area (Å²) in [5.41, 5.74) is 2.37. The van der Waals surface area contributed by atoms with Crippen LogP contribution in [0.3, 0.4) is 0 Å². The molecule has 1 unspecified atom stereocenters. The van der Waals surface area contributed by atoms with Gasteiger partial charge in [-0.2, -0.15) is 0 Å². The maximum absolute atomic E-state index is 3.81. The predicted octanol–water partition coefficient (Wildman–Crippen LogP) is 2.67. The van der Waals surface area contributed by atoms with Crippen LogP contribution in [0.2, 0.25) is 0 Å². The summed E-state index contributed by atoms with van der Waals surface area (Å²) in [6, 6.07) is 0.408. The molecule has 0 rings (SSSR count). The smallest absolute Gasteiger partial charge is 0.0285 e. The highest BCUT2D eigenvalue weighted by Gasteiger charge is 1.99. The monoisotopic (exact) mass is 165 g/mol. The van der Waals surface area contributed by atoms with Crippen molar-refractivity contribution >= 4 is 0 Å². The number of hydrogen-bond acceptors (Lipinski definition) is 1. The first-order valence-corrected chi connectivity index (χ1v) is 4.28. The van der Waals surface area contributed by atoms with Crippen LogP contribution in [0.25, 0.3) is 0 Å². The molecule has 1 nitrogen and oxygen atoms in total. The third-order valence-electron chi connectivity index (χ3n) is 1.83. The van der Waals surface area contributed by atoms with E-state index in [2.05, 4.69) is 31.0 Å². The zero-order valence-electron chi connectivity index (χ0n) is 8.52. The first-order valence-electron chi connectivity index (χ1n) is 4.28. The Hall–Kier alpha value is -0.820. The van der Waals surface area contributed by atoms with Crippen molar-refractivity contribution < 1.29 is 0 Å². The molecule has 12 heavy (non-hydrogen) atoms. The van der Waals surface area contributed by atoms with Crippen LogP contribution in [0, 0.1) is 0 Å². The lowest BCUT2D eigenvalue weighted by atomic mass is 10.1. The number of likely N-dealkylation sites (N-methyl/N-ethyl adjacent to an activating group) is 1. The molecule has 0 aliphatic rings. The zero-order valence-corrected chi connectivity index (χ0v) is 8.52. The maximum atomic E-state index is 3.81. The van der Waals surface area contributed by atoms with Gasteiger partial charge in [-0.15, -0.1) is 0 Å². The summed E-state index contributed by atoms with van der Waals surface area (Å²) in [6.07, 6.45) is 6.24. The zero-order chi connectivity index (χ0) is 9.56. The van der Waals surface area contributed by atoms with Crippen LogP contribution in [0.4, 0.5) is 0 Å². The van der Waals surface area contributed by atoms with Gasteiger partial charge in [0, 0.05) is 6.04 Å². The van der Waals surface area contributed by atoms with E-state index in [0.717, 1.165) is 5.57 Å². The predicted molar refractivity (Wildman–Crippen MR) is 56.2 cm³/mol. The molecule has 1 heteroatoms. The SMILES string of the molecule is C=C(C)/C=C\C(=C/C)C(C)NC. The van der Waals surface area contributed by atoms with E-state index in [1.54, 1.807) is 0 Å². The van der Waals surface area contributed by atoms with Crippen molar-refractivity contribution in [3.63, 3.8) is 0 Å². The molecule has 0 aromatic heterocycles. The van der Waals surface area contributed by atoms with Gasteiger partial charge >= 0.3 is 0 Å². The Balaban J connectivity index is 4.29. The van der Waals surface area contributed by atoms with Gasteiger partial charge in [0.2, 0.25) is 0 Å². The van der Waals surface area contributed by atoms with Gasteiger partial charge in [0.15, 0.2) is 0 Å². The van der Waals surface area contributed by atoms with Crippen molar-refractivity contribution in [1.82, 2.24) is 5.32 Å². The Labute approximate surface area is 75.9 Å². The summed E-state index contributed by atoms with van der Waals surface area (Å²) in [5, 5.41) is 3.19. The average molecular weight is 165 g/mol. The topological polar surface area (TPSA) is 12.0 Å². The Kier molecular flexibility index (Phi) is 5.39. The molecule has 0 aliphatic carbocycles. The largest absolute Gasteiger partial charge is 0.313 e. The van der Waals surface area contributed by atoms with Gasteiger partial charge in [0.1, 0.15) is 0 Å². The lowest BCUT2D eigenvalue weighted by Crippen LogP contribution is -2.22. The molecule has 0 amide bonds. The molecular weight excluding hydrogens is 146 g/mol. The first-order chi connectivity index (χ1) is 5.61. The van der Waals surface area contributed by atoms with E-state index in [0.29, 0.717) is 6.04 Å². The van der Waals surface area contributed by atoms with E-state index in [9.17, 15) is 0 Å². The van der Waals surface area contributed by atoms with Crippen LogP contribution in [0.5, 0.6) is 0 Å². The van der Waals surface area contributed by atoms with Crippen molar-refractivity contribution in [2.45, 2.75) is 26.8 Å². The van der Waals surface area contributed by atoms with Crippen molar-refractivity contribution in [2.75, 3.05) is 7.05 Å². The number of hydrogen-bond donors (Lipinski definition) is 1. The van der Waals surface area contributed by atoms with Gasteiger partial charge in [0.05, 0.1) is 0 Å². The maximum Gasteiger partial charge on any atom is 0.0285 e. The minimum Gasteiger partial charge on any atom is -0.313 e. The highest BCUT2D eigenvalue weighted by molar-refractivity contribution is 5.28. The Morgan fingerprint density at radius 3 is 2.33 bits per heavy atom. The Morgan fingerprint density at radius 2 is 2.00 bits per heavy atom. The van der Waals surface area contributed by atoms with Crippen LogP contribution in [0.1, 0.15) is 20.8 Å². The third kappa shape index (κ3) is 4.14. The molecule has 0 spiro atoms. The minimum atomic E-state index is 0.408. The lowest BCUT2D eigenvalue weighted by Gasteiger charge is -2.10. The molecule has 0 aromatic carbocycles. The molecule has 0 saturated carbocycles. The summed E-state index contributed by atoms with van der Waals surface area (Å²) in [7, 11) is 1.96. The van der Waals surface area contributed by atoms with Crippen molar-refractivity contribution in [2.24, 2.45) is 0 Å². The third-order valence-corrected chi connectivity index (χ3v) is 1.83. The second kappa shape index (κ2) is 5.78. The van der Waals surface area contributed by atoms with Gasteiger partial charge in [0.25, 0.3) is 0 Å². The van der Waals surface area contributed by atoms with Gasteiger partial charge in [-0.25, -0.2) is 0 Å². The number of allylic oxidation sites excluding steroid dienone is 3. The summed E-state index contributed by atoms with van der Waals surface area (Å²) in [6.45, 7) is 9.99. The normalized spacial score (nSPS) is 15.2. The average Bonchev–Trinajstić information content (AvgIpc) is 2.04. The van der Waals surface area contributed by atoms with E-state index >= 15 is 0 Å². The second-order valence-corrected chi connectivity index (χ2v) is 2.98. The summed E-state index contributed by atoms with van der Waals surface area (Å²) < 4.78 is 0. The fraction of sp³-hybridized carbons (Fsp3) is 0.455. The summed E-state index contributed by atoms with van der Waals surface area (Å²) in [4.78, 5) is 0. The fourth-order valence-electron chi connectivity index (χ4n) is 0.896. The van der Waals surface area contributed by atoms with Gasteiger partial charge < -0.3 is 5.32 Å². The van der Waals surface area contributed by atoms with Gasteiger partial charge in [-0.3, -0.25) is 0 Å². The number of nitrogens with one attached hydrogen (secondary N) is 1. The van der Waals surface area contributed by atoms with Crippen LogP contribution in [-0.4, -0.2) is 13.1 Å². The van der Waals surface area contributed by atoms with E-state index in [-0.39, 0.29) is 0 Å². The summed E-state index contributed by atoms with van der Waals surface area (Å²) >= 11 is 0. The first kappa shape index (κ1) is 11.2. The molecule has 68 valence electrons. The molecule has 1 N–H and O–H groups in total. The van der Waals surface area contributed by atoms with E-state index in [1.807, 2.05) is 27.0 Å². The molecular formula is C11H19N. The van der Waals surface area contributed by atoms with Crippen molar-refractivity contribution in [3.8, 4) is 0 Å². The standard InChI is InChI=1S/C11H19N/c1-6-11(10(4)12-5)8-7-9(2)3/h6-8,10,12H,2H2,1,3-5H3/b8-7-,11-6+. The van der Waals surface area contributed by atoms with Crippen LogP contribution >= 0.6 is 0 Å². The van der Waals surface area contributed by atoms with E-state index in [1.165, 1.54) is 5.57 Å². The molecule has 0 radical (unpaired) electrons. The van der Waals surface area contributed by atoms with Crippen LogP contribution in [-0.2, 0) is 0 Å². The number of rotatable bonds is 4. The van der Waals surface area contributed by atoms with Gasteiger partial charge in [-0.05, 0) is 33.4 Å². The Bertz CT molecular complexity index is 199. The fourth-order valence-corrected chi connectivity index (χ4v) is 0.896. The highest BCUT2D eigenvalue weighted by atomic mass is 14.9. The molecule has 0 fully saturated rings. The van der Waals surface area contributed by atoms with Crippen molar-refractivity contribution in [3.05, 3.63) is 36.0 Å². The minimum absolute atomic E-state index is 0.408. The van der Waals surface area contributed by atoms with E-state index in [4.69, 9.17) is 0 Å². The lowest BCUT2D eigenvalue weighted by molar-refractivity contribution is 0.704. The quantitative estimate of drug-likeness (QED) is 0.631. The van der Waals surface area contributed by atoms with Crippen LogP contribution in [0.15, 0.2) is 36.0 Å². The molecule has 0 bridgehead atoms. The Morgan fingerprint density at radius 1 is 1.42 bits per heavy atom. The molecule has 0 aliphatic heterocycles. The molecule has 0 aromatic rings. The second-order valence-electron chi connectivity index (χ2n) is 2.98. The van der Waals surface area contributed by atoms with Crippen LogP contribution < -0.4 is 5.32 Å². The molecule has 1 atom stereocenters. The van der Waals surface area contributed by atoms with E-state index < -0.39 is 0 Å². The molecule has 0 heterocycles. The van der Waals surface area contributed by atoms with Crippen molar-refractivity contribution in [1.29, 1.82) is 0 Å². The highest BCUT2D eigenvalue weighted by Crippen LogP contribution is 2.04. The summed E-state index contributed by atoms with van der Waals surface area (Å²) in [5.74, 6) is 0. The van der Waals surface area contributed by atoms with Gasteiger partial charge in [-0.1, -0.05) is 30.4 Å². The molecule has 0 saturated heterocycles.